The van der Waals surface area contributed by atoms with Gasteiger partial charge in [0.1, 0.15) is 0 Å². The number of carbonyl (C=O) groups is 2. The average molecular weight is 481 g/mol. The zero-order valence-corrected chi connectivity index (χ0v) is 18.1. The number of halogens is 3. The van der Waals surface area contributed by atoms with Gasteiger partial charge in [0.25, 0.3) is 11.5 Å². The molecule has 4 aromatic rings. The third-order valence-electron chi connectivity index (χ3n) is 5.07. The second-order valence-corrected chi connectivity index (χ2v) is 7.54. The van der Waals surface area contributed by atoms with E-state index in [1.54, 1.807) is 24.3 Å². The quantitative estimate of drug-likeness (QED) is 0.416. The predicted molar refractivity (Wildman–Crippen MR) is 122 cm³/mol. The lowest BCUT2D eigenvalue weighted by Crippen LogP contribution is -2.28. The van der Waals surface area contributed by atoms with Gasteiger partial charge in [-0.05, 0) is 35.9 Å². The van der Waals surface area contributed by atoms with E-state index >= 15 is 0 Å². The molecule has 0 aliphatic rings. The van der Waals surface area contributed by atoms with Crippen molar-refractivity contribution in [2.24, 2.45) is 0 Å². The summed E-state index contributed by atoms with van der Waals surface area (Å²) < 4.78 is 44.2. The van der Waals surface area contributed by atoms with Crippen LogP contribution in [0.2, 0.25) is 0 Å². The molecule has 178 valence electrons. The molecule has 0 saturated heterocycles. The number of rotatable bonds is 6. The minimum absolute atomic E-state index is 0.110. The number of aromatic nitrogens is 2. The van der Waals surface area contributed by atoms with Crippen LogP contribution in [0.3, 0.4) is 0 Å². The highest BCUT2D eigenvalue weighted by atomic mass is 19.4. The van der Waals surface area contributed by atoms with Crippen molar-refractivity contribution in [3.63, 3.8) is 0 Å². The second-order valence-electron chi connectivity index (χ2n) is 7.54. The molecular weight excluding hydrogens is 463 g/mol. The van der Waals surface area contributed by atoms with Crippen LogP contribution in [0.15, 0.2) is 83.7 Å². The average Bonchev–Trinajstić information content (AvgIpc) is 2.85. The van der Waals surface area contributed by atoms with Crippen molar-refractivity contribution in [3.05, 3.63) is 106 Å². The van der Waals surface area contributed by atoms with E-state index in [2.05, 4.69) is 10.4 Å². The number of hydrogen-bond acceptors (Lipinski definition) is 5. The van der Waals surface area contributed by atoms with Gasteiger partial charge >= 0.3 is 12.1 Å². The summed E-state index contributed by atoms with van der Waals surface area (Å²) in [4.78, 5) is 37.8. The molecule has 0 saturated carbocycles. The van der Waals surface area contributed by atoms with Gasteiger partial charge in [0.05, 0.1) is 17.5 Å². The van der Waals surface area contributed by atoms with Gasteiger partial charge in [0.15, 0.2) is 12.3 Å². The summed E-state index contributed by atoms with van der Waals surface area (Å²) in [5.74, 6) is -1.68. The van der Waals surface area contributed by atoms with E-state index in [-0.39, 0.29) is 34.3 Å². The standard InChI is InChI=1S/C25H18F3N3O4/c26-25(27,28)17-10-12-18(13-11-17)29-21(32)15-35-24(34)22-19-8-4-5-9-20(19)23(33)31(30-22)14-16-6-2-1-3-7-16/h1-13H,14-15H2,(H,29,32). The van der Waals surface area contributed by atoms with Gasteiger partial charge in [-0.25, -0.2) is 9.48 Å². The molecule has 1 aromatic heterocycles. The van der Waals surface area contributed by atoms with Crippen LogP contribution in [0.4, 0.5) is 18.9 Å². The third-order valence-corrected chi connectivity index (χ3v) is 5.07. The lowest BCUT2D eigenvalue weighted by Gasteiger charge is -2.11. The Hall–Kier alpha value is -4.47. The maximum absolute atomic E-state index is 12.9. The molecule has 0 radical (unpaired) electrons. The first-order valence-corrected chi connectivity index (χ1v) is 10.4. The number of carbonyl (C=O) groups excluding carboxylic acids is 2. The maximum Gasteiger partial charge on any atom is 0.416 e. The van der Waals surface area contributed by atoms with Crippen LogP contribution in [0.25, 0.3) is 10.8 Å². The number of amides is 1. The summed E-state index contributed by atoms with van der Waals surface area (Å²) in [5.41, 5.74) is -0.475. The Kier molecular flexibility index (Phi) is 6.63. The van der Waals surface area contributed by atoms with Crippen molar-refractivity contribution in [3.8, 4) is 0 Å². The zero-order chi connectivity index (χ0) is 25.0. The van der Waals surface area contributed by atoms with E-state index < -0.39 is 30.2 Å². The number of esters is 1. The number of nitrogens with zero attached hydrogens (tertiary/aromatic N) is 2. The number of nitrogens with one attached hydrogen (secondary N) is 1. The molecule has 0 bridgehead atoms. The lowest BCUT2D eigenvalue weighted by atomic mass is 10.1. The fourth-order valence-electron chi connectivity index (χ4n) is 3.39. The molecule has 0 spiro atoms. The highest BCUT2D eigenvalue weighted by Gasteiger charge is 2.30. The first-order valence-electron chi connectivity index (χ1n) is 10.4. The maximum atomic E-state index is 12.9. The number of benzene rings is 3. The summed E-state index contributed by atoms with van der Waals surface area (Å²) >= 11 is 0. The Bertz CT molecular complexity index is 1430. The fourth-order valence-corrected chi connectivity index (χ4v) is 3.39. The van der Waals surface area contributed by atoms with Crippen LogP contribution in [0, 0.1) is 0 Å². The first-order chi connectivity index (χ1) is 16.7. The Morgan fingerprint density at radius 3 is 2.17 bits per heavy atom. The van der Waals surface area contributed by atoms with Gasteiger partial charge in [0, 0.05) is 11.1 Å². The molecule has 35 heavy (non-hydrogen) atoms. The van der Waals surface area contributed by atoms with Crippen molar-refractivity contribution >= 4 is 28.3 Å². The van der Waals surface area contributed by atoms with E-state index in [9.17, 15) is 27.6 Å². The molecule has 10 heteroatoms. The summed E-state index contributed by atoms with van der Waals surface area (Å²) in [6.45, 7) is -0.577. The molecule has 3 aromatic carbocycles. The lowest BCUT2D eigenvalue weighted by molar-refractivity contribution is -0.137. The Morgan fingerprint density at radius 1 is 0.886 bits per heavy atom. The molecule has 0 fully saturated rings. The normalized spacial score (nSPS) is 11.3. The van der Waals surface area contributed by atoms with Crippen molar-refractivity contribution in [2.45, 2.75) is 12.7 Å². The molecule has 0 aliphatic carbocycles. The van der Waals surface area contributed by atoms with Crippen LogP contribution in [-0.2, 0) is 22.3 Å². The van der Waals surface area contributed by atoms with Crippen LogP contribution in [-0.4, -0.2) is 28.3 Å². The van der Waals surface area contributed by atoms with Gasteiger partial charge in [-0.15, -0.1) is 0 Å². The Labute approximate surface area is 196 Å². The summed E-state index contributed by atoms with van der Waals surface area (Å²) in [6.07, 6.45) is -4.50. The molecule has 1 heterocycles. The summed E-state index contributed by atoms with van der Waals surface area (Å²) in [7, 11) is 0. The Morgan fingerprint density at radius 2 is 1.51 bits per heavy atom. The molecule has 0 atom stereocenters. The molecule has 7 nitrogen and oxygen atoms in total. The van der Waals surface area contributed by atoms with Gasteiger partial charge in [-0.1, -0.05) is 48.5 Å². The van der Waals surface area contributed by atoms with Crippen LogP contribution in [0.1, 0.15) is 21.6 Å². The van der Waals surface area contributed by atoms with Gasteiger partial charge in [-0.3, -0.25) is 9.59 Å². The minimum Gasteiger partial charge on any atom is -0.451 e. The number of alkyl halides is 3. The fraction of sp³-hybridized carbons (Fsp3) is 0.120. The molecule has 1 N–H and O–H groups in total. The number of anilines is 1. The number of hydrogen-bond donors (Lipinski definition) is 1. The topological polar surface area (TPSA) is 90.3 Å². The van der Waals surface area contributed by atoms with Crippen LogP contribution < -0.4 is 10.9 Å². The predicted octanol–water partition coefficient (Wildman–Crippen LogP) is 4.26. The highest BCUT2D eigenvalue weighted by Crippen LogP contribution is 2.29. The molecule has 0 aliphatic heterocycles. The molecule has 4 rings (SSSR count). The molecular formula is C25H18F3N3O4. The first kappa shape index (κ1) is 23.7. The van der Waals surface area contributed by atoms with Gasteiger partial charge < -0.3 is 10.1 Å². The van der Waals surface area contributed by atoms with E-state index in [4.69, 9.17) is 4.74 Å². The molecule has 1 amide bonds. The van der Waals surface area contributed by atoms with E-state index in [0.29, 0.717) is 0 Å². The van der Waals surface area contributed by atoms with E-state index in [1.807, 2.05) is 30.3 Å². The summed E-state index contributed by atoms with van der Waals surface area (Å²) in [6, 6.07) is 19.3. The SMILES string of the molecule is O=C(COC(=O)c1nn(Cc2ccccc2)c(=O)c2ccccc12)Nc1ccc(C(F)(F)F)cc1. The highest BCUT2D eigenvalue weighted by molar-refractivity contribution is 6.03. The van der Waals surface area contributed by atoms with Crippen molar-refractivity contribution in [1.29, 1.82) is 0 Å². The van der Waals surface area contributed by atoms with E-state index in [1.165, 1.54) is 0 Å². The van der Waals surface area contributed by atoms with Gasteiger partial charge in [0.2, 0.25) is 0 Å². The third kappa shape index (κ3) is 5.55. The largest absolute Gasteiger partial charge is 0.451 e. The second kappa shape index (κ2) is 9.80. The van der Waals surface area contributed by atoms with Crippen molar-refractivity contribution < 1.29 is 27.5 Å². The van der Waals surface area contributed by atoms with Crippen molar-refractivity contribution in [1.82, 2.24) is 9.78 Å². The monoisotopic (exact) mass is 481 g/mol. The van der Waals surface area contributed by atoms with Crippen LogP contribution in [0.5, 0.6) is 0 Å². The molecule has 0 unspecified atom stereocenters. The van der Waals surface area contributed by atoms with E-state index in [0.717, 1.165) is 34.5 Å². The summed E-state index contributed by atoms with van der Waals surface area (Å²) in [5, 5.41) is 7.08. The van der Waals surface area contributed by atoms with Gasteiger partial charge in [-0.2, -0.15) is 18.3 Å². The van der Waals surface area contributed by atoms with Crippen molar-refractivity contribution in [2.75, 3.05) is 11.9 Å². The number of ether oxygens (including phenoxy) is 1. The van der Waals surface area contributed by atoms with Crippen LogP contribution >= 0.6 is 0 Å². The Balaban J connectivity index is 1.50. The number of fused-ring (bicyclic) bond motifs is 1. The smallest absolute Gasteiger partial charge is 0.416 e. The minimum atomic E-state index is -4.50. The zero-order valence-electron chi connectivity index (χ0n) is 18.1.